The van der Waals surface area contributed by atoms with E-state index in [2.05, 4.69) is 47.3 Å². The summed E-state index contributed by atoms with van der Waals surface area (Å²) in [6.45, 7) is 19.5. The number of esters is 2. The molecule has 0 heterocycles. The van der Waals surface area contributed by atoms with Crippen molar-refractivity contribution in [3.63, 3.8) is 0 Å². The predicted octanol–water partition coefficient (Wildman–Crippen LogP) is 6.00. The first-order chi connectivity index (χ1) is 12.8. The molecule has 0 saturated heterocycles. The van der Waals surface area contributed by atoms with Crippen molar-refractivity contribution >= 4 is 11.9 Å². The number of ether oxygens (including phenoxy) is 2. The van der Waals surface area contributed by atoms with Crippen LogP contribution in [0.25, 0.3) is 0 Å². The van der Waals surface area contributed by atoms with Crippen LogP contribution < -0.4 is 0 Å². The summed E-state index contributed by atoms with van der Waals surface area (Å²) in [7, 11) is 0. The fourth-order valence-electron chi connectivity index (χ4n) is 4.68. The summed E-state index contributed by atoms with van der Waals surface area (Å²) < 4.78 is 10.6. The zero-order chi connectivity index (χ0) is 21.8. The number of hydrogen-bond acceptors (Lipinski definition) is 4. The molecular formula is C24H40O4. The summed E-state index contributed by atoms with van der Waals surface area (Å²) in [6, 6.07) is 0. The van der Waals surface area contributed by atoms with Crippen LogP contribution in [-0.4, -0.2) is 23.6 Å². The lowest BCUT2D eigenvalue weighted by Gasteiger charge is -2.38. The normalized spacial score (nSPS) is 29.0. The van der Waals surface area contributed by atoms with Gasteiger partial charge in [-0.15, -0.1) is 0 Å². The van der Waals surface area contributed by atoms with Gasteiger partial charge in [0.1, 0.15) is 11.7 Å². The average Bonchev–Trinajstić information content (AvgIpc) is 2.87. The first-order valence-corrected chi connectivity index (χ1v) is 10.4. The summed E-state index contributed by atoms with van der Waals surface area (Å²) in [4.78, 5) is 21.8. The summed E-state index contributed by atoms with van der Waals surface area (Å²) in [6.07, 6.45) is 9.25. The molecule has 0 aromatic heterocycles. The lowest BCUT2D eigenvalue weighted by molar-refractivity contribution is -0.154. The van der Waals surface area contributed by atoms with Crippen LogP contribution in [0.3, 0.4) is 0 Å². The van der Waals surface area contributed by atoms with Gasteiger partial charge in [0.05, 0.1) is 0 Å². The number of fused-ring (bicyclic) bond motifs is 2. The maximum atomic E-state index is 11.0. The second kappa shape index (κ2) is 9.28. The second-order valence-electron chi connectivity index (χ2n) is 9.64. The van der Waals surface area contributed by atoms with Crippen molar-refractivity contribution in [2.45, 2.75) is 99.2 Å². The molecule has 0 amide bonds. The Hall–Kier alpha value is -1.58. The minimum absolute atomic E-state index is 0.125. The summed E-state index contributed by atoms with van der Waals surface area (Å²) in [5.74, 6) is 0.362. The molecule has 4 nitrogen and oxygen atoms in total. The lowest BCUT2D eigenvalue weighted by Crippen LogP contribution is -2.37. The molecule has 0 aliphatic heterocycles. The Morgan fingerprint density at radius 2 is 1.75 bits per heavy atom. The van der Waals surface area contributed by atoms with Gasteiger partial charge in [0.15, 0.2) is 0 Å². The van der Waals surface area contributed by atoms with Gasteiger partial charge in [0.2, 0.25) is 0 Å². The third-order valence-electron chi connectivity index (χ3n) is 7.02. The van der Waals surface area contributed by atoms with Crippen molar-refractivity contribution in [1.29, 1.82) is 0 Å². The Balaban J connectivity index is 0.000000280. The molecule has 0 N–H and O–H groups in total. The highest BCUT2D eigenvalue weighted by molar-refractivity contribution is 5.67. The monoisotopic (exact) mass is 392 g/mol. The smallest absolute Gasteiger partial charge is 0.303 e. The summed E-state index contributed by atoms with van der Waals surface area (Å²) >= 11 is 0. The minimum atomic E-state index is -0.530. The first kappa shape index (κ1) is 24.5. The van der Waals surface area contributed by atoms with Gasteiger partial charge in [-0.3, -0.25) is 9.59 Å². The third kappa shape index (κ3) is 5.71. The minimum Gasteiger partial charge on any atom is -0.462 e. The highest BCUT2D eigenvalue weighted by atomic mass is 16.6. The highest BCUT2D eigenvalue weighted by Crippen LogP contribution is 2.66. The number of carbonyl (C=O) groups excluding carboxylic acids is 2. The van der Waals surface area contributed by atoms with Gasteiger partial charge in [-0.1, -0.05) is 39.0 Å². The molecule has 2 fully saturated rings. The fraction of sp³-hybridized carbons (Fsp3) is 0.750. The quantitative estimate of drug-likeness (QED) is 0.410. The van der Waals surface area contributed by atoms with Gasteiger partial charge in [-0.05, 0) is 70.3 Å². The zero-order valence-corrected chi connectivity index (χ0v) is 19.2. The van der Waals surface area contributed by atoms with Gasteiger partial charge in [0.25, 0.3) is 0 Å². The van der Waals surface area contributed by atoms with Crippen molar-refractivity contribution in [2.24, 2.45) is 16.7 Å². The molecule has 160 valence electrons. The van der Waals surface area contributed by atoms with E-state index in [0.717, 1.165) is 25.2 Å². The van der Waals surface area contributed by atoms with Crippen LogP contribution in [0.4, 0.5) is 0 Å². The van der Waals surface area contributed by atoms with Crippen LogP contribution in [0.5, 0.6) is 0 Å². The van der Waals surface area contributed by atoms with E-state index in [1.807, 2.05) is 6.92 Å². The molecule has 4 unspecified atom stereocenters. The van der Waals surface area contributed by atoms with E-state index < -0.39 is 5.60 Å². The Morgan fingerprint density at radius 1 is 1.14 bits per heavy atom. The van der Waals surface area contributed by atoms with Crippen LogP contribution >= 0.6 is 0 Å². The van der Waals surface area contributed by atoms with E-state index in [9.17, 15) is 9.59 Å². The average molecular weight is 393 g/mol. The van der Waals surface area contributed by atoms with Crippen LogP contribution in [0.2, 0.25) is 0 Å². The highest BCUT2D eigenvalue weighted by Gasteiger charge is 2.62. The SMILES string of the molecule is C=CC(C)(CCC=C(C)C)OC(C)=O.CC(=O)OC1CC2CCC1(C)C2(C)C. The fourth-order valence-corrected chi connectivity index (χ4v) is 4.68. The van der Waals surface area contributed by atoms with Crippen LogP contribution in [0.1, 0.15) is 87.5 Å². The van der Waals surface area contributed by atoms with Gasteiger partial charge in [-0.2, -0.15) is 0 Å². The Labute approximate surface area is 171 Å². The zero-order valence-electron chi connectivity index (χ0n) is 19.2. The predicted molar refractivity (Wildman–Crippen MR) is 114 cm³/mol. The number of allylic oxidation sites excluding steroid dienone is 2. The largest absolute Gasteiger partial charge is 0.462 e. The van der Waals surface area contributed by atoms with Crippen molar-refractivity contribution in [1.82, 2.24) is 0 Å². The van der Waals surface area contributed by atoms with Crippen LogP contribution in [-0.2, 0) is 19.1 Å². The Kier molecular flexibility index (Phi) is 8.10. The van der Waals surface area contributed by atoms with E-state index in [1.165, 1.54) is 32.3 Å². The number of hydrogen-bond donors (Lipinski definition) is 0. The number of carbonyl (C=O) groups is 2. The molecule has 2 aliphatic rings. The van der Waals surface area contributed by atoms with Gasteiger partial charge >= 0.3 is 11.9 Å². The molecule has 0 radical (unpaired) electrons. The maximum Gasteiger partial charge on any atom is 0.303 e. The van der Waals surface area contributed by atoms with Gasteiger partial charge in [-0.25, -0.2) is 0 Å². The lowest BCUT2D eigenvalue weighted by atomic mass is 9.70. The Bertz CT molecular complexity index is 614. The molecule has 2 saturated carbocycles. The second-order valence-corrected chi connectivity index (χ2v) is 9.64. The van der Waals surface area contributed by atoms with E-state index >= 15 is 0 Å². The van der Waals surface area contributed by atoms with E-state index in [0.29, 0.717) is 5.41 Å². The molecule has 0 spiro atoms. The molecule has 2 rings (SSSR count). The summed E-state index contributed by atoms with van der Waals surface area (Å²) in [5, 5.41) is 0. The van der Waals surface area contributed by atoms with E-state index in [1.54, 1.807) is 6.08 Å². The molecule has 0 aromatic rings. The molecule has 4 heteroatoms. The molecule has 4 atom stereocenters. The van der Waals surface area contributed by atoms with Crippen molar-refractivity contribution in [2.75, 3.05) is 0 Å². The van der Waals surface area contributed by atoms with Crippen LogP contribution in [0, 0.1) is 16.7 Å². The van der Waals surface area contributed by atoms with E-state index in [-0.39, 0.29) is 23.5 Å². The van der Waals surface area contributed by atoms with Crippen LogP contribution in [0.15, 0.2) is 24.3 Å². The Morgan fingerprint density at radius 3 is 2.11 bits per heavy atom. The van der Waals surface area contributed by atoms with Gasteiger partial charge < -0.3 is 9.47 Å². The summed E-state index contributed by atoms with van der Waals surface area (Å²) in [5.41, 5.74) is 1.30. The maximum absolute atomic E-state index is 11.0. The molecule has 28 heavy (non-hydrogen) atoms. The van der Waals surface area contributed by atoms with Crippen molar-refractivity contribution in [3.8, 4) is 0 Å². The molecular weight excluding hydrogens is 352 g/mol. The molecule has 2 aliphatic carbocycles. The van der Waals surface area contributed by atoms with Crippen molar-refractivity contribution in [3.05, 3.63) is 24.3 Å². The third-order valence-corrected chi connectivity index (χ3v) is 7.02. The number of rotatable bonds is 6. The first-order valence-electron chi connectivity index (χ1n) is 10.4. The molecule has 0 aromatic carbocycles. The van der Waals surface area contributed by atoms with E-state index in [4.69, 9.17) is 9.47 Å². The van der Waals surface area contributed by atoms with Gasteiger partial charge in [0, 0.05) is 19.3 Å². The molecule has 2 bridgehead atoms. The topological polar surface area (TPSA) is 52.6 Å². The standard InChI is InChI=1S/2C12H20O2/c1-8(13)14-10-7-9-5-6-12(10,4)11(9,2)3;1-6-12(5,14-11(4)13)9-7-8-10(2)3/h9-10H,5-7H2,1-4H3;6,8H,1,7,9H2,2-5H3. The van der Waals surface area contributed by atoms with Crippen molar-refractivity contribution < 1.29 is 19.1 Å².